The Balaban J connectivity index is 1.39. The van der Waals surface area contributed by atoms with E-state index in [-0.39, 0.29) is 36.2 Å². The molecule has 2 aliphatic heterocycles. The minimum Gasteiger partial charge on any atom is -0.444 e. The fourth-order valence-electron chi connectivity index (χ4n) is 7.76. The standard InChI is InChI=1S/C43H68BrN7O6Si2/c1-42(2,3)56-40(52)49-32-16-17-33(49)24-30(23-32)37-36(44)39(48(27-54-19-21-58(7,8)9)28-55-20-22-59(10,11)12)51-38(47-37)34(26-46-51)29-13-18-35(45-25-29)50(31-14-15-31)41(53)57-43(4,5)6/h13,18,25-26,30-33H,14-17,19-24,27-28H2,1-12H3/t30-,32-,33+. The van der Waals surface area contributed by atoms with E-state index in [2.05, 4.69) is 60.1 Å². The number of piperidine rings is 1. The fourth-order valence-corrected chi connectivity index (χ4v) is 10.1. The number of pyridine rings is 1. The van der Waals surface area contributed by atoms with Gasteiger partial charge in [-0.15, -0.1) is 0 Å². The number of rotatable bonds is 15. The number of carbonyl (C=O) groups is 2. The summed E-state index contributed by atoms with van der Waals surface area (Å²) in [6.45, 7) is 27.5. The first kappa shape index (κ1) is 45.5. The second kappa shape index (κ2) is 17.7. The van der Waals surface area contributed by atoms with Crippen LogP contribution >= 0.6 is 15.9 Å². The van der Waals surface area contributed by atoms with Crippen LogP contribution in [0.15, 0.2) is 29.0 Å². The van der Waals surface area contributed by atoms with Crippen molar-refractivity contribution in [2.75, 3.05) is 36.5 Å². The molecule has 0 spiro atoms. The molecule has 3 aromatic rings. The summed E-state index contributed by atoms with van der Waals surface area (Å²) in [5.74, 6) is 1.45. The predicted molar refractivity (Wildman–Crippen MR) is 243 cm³/mol. The van der Waals surface area contributed by atoms with Gasteiger partial charge in [0.1, 0.15) is 30.5 Å². The van der Waals surface area contributed by atoms with Gasteiger partial charge >= 0.3 is 12.2 Å². The molecule has 0 radical (unpaired) electrons. The van der Waals surface area contributed by atoms with Crippen molar-refractivity contribution in [2.45, 2.75) is 167 Å². The van der Waals surface area contributed by atoms with Crippen molar-refractivity contribution in [2.24, 2.45) is 0 Å². The zero-order valence-corrected chi connectivity index (χ0v) is 41.1. The molecular formula is C43H68BrN7O6Si2. The highest BCUT2D eigenvalue weighted by Crippen LogP contribution is 2.47. The van der Waals surface area contributed by atoms with Gasteiger partial charge in [0.2, 0.25) is 0 Å². The van der Waals surface area contributed by atoms with E-state index in [0.29, 0.717) is 38.1 Å². The molecule has 0 unspecified atom stereocenters. The van der Waals surface area contributed by atoms with Crippen molar-refractivity contribution >= 4 is 61.5 Å². The Bertz CT molecular complexity index is 1910. The summed E-state index contributed by atoms with van der Waals surface area (Å²) in [5.41, 5.74) is 2.10. The third-order valence-corrected chi connectivity index (χ3v) is 15.1. The minimum atomic E-state index is -1.33. The van der Waals surface area contributed by atoms with Gasteiger partial charge < -0.3 is 28.7 Å². The van der Waals surface area contributed by atoms with Crippen molar-refractivity contribution in [1.29, 1.82) is 0 Å². The summed E-state index contributed by atoms with van der Waals surface area (Å²) in [6.07, 6.45) is 8.28. The summed E-state index contributed by atoms with van der Waals surface area (Å²) < 4.78 is 27.3. The number of aromatic nitrogens is 4. The Morgan fingerprint density at radius 2 is 1.41 bits per heavy atom. The molecule has 59 heavy (non-hydrogen) atoms. The lowest BCUT2D eigenvalue weighted by atomic mass is 9.88. The van der Waals surface area contributed by atoms with E-state index in [1.807, 2.05) is 69.3 Å². The number of anilines is 2. The smallest absolute Gasteiger partial charge is 0.416 e. The van der Waals surface area contributed by atoms with Crippen molar-refractivity contribution < 1.29 is 28.5 Å². The van der Waals surface area contributed by atoms with Crippen molar-refractivity contribution in [3.63, 3.8) is 0 Å². The van der Waals surface area contributed by atoms with Crippen LogP contribution in [0.4, 0.5) is 21.2 Å². The third kappa shape index (κ3) is 11.9. The number of carbonyl (C=O) groups excluding carboxylic acids is 2. The highest BCUT2D eigenvalue weighted by molar-refractivity contribution is 9.10. The van der Waals surface area contributed by atoms with Crippen LogP contribution in [0.3, 0.4) is 0 Å². The van der Waals surface area contributed by atoms with Gasteiger partial charge in [-0.05, 0) is 120 Å². The van der Waals surface area contributed by atoms with Gasteiger partial charge in [-0.3, -0.25) is 4.90 Å². The van der Waals surface area contributed by atoms with E-state index >= 15 is 0 Å². The molecule has 16 heteroatoms. The number of ether oxygens (including phenoxy) is 4. The van der Waals surface area contributed by atoms with E-state index in [0.717, 1.165) is 77.7 Å². The third-order valence-electron chi connectivity index (χ3n) is 10.9. The van der Waals surface area contributed by atoms with E-state index in [1.165, 1.54) is 0 Å². The molecular weight excluding hydrogens is 847 g/mol. The summed E-state index contributed by atoms with van der Waals surface area (Å²) in [4.78, 5) is 42.8. The van der Waals surface area contributed by atoms with Gasteiger partial charge in [-0.1, -0.05) is 39.3 Å². The van der Waals surface area contributed by atoms with Crippen LogP contribution in [0, 0.1) is 0 Å². The molecule has 3 aromatic heterocycles. The molecule has 1 aliphatic carbocycles. The van der Waals surface area contributed by atoms with E-state index in [4.69, 9.17) is 34.0 Å². The van der Waals surface area contributed by atoms with Crippen molar-refractivity contribution in [1.82, 2.24) is 24.5 Å². The monoisotopic (exact) mass is 913 g/mol. The van der Waals surface area contributed by atoms with Crippen LogP contribution in [0.25, 0.3) is 16.8 Å². The lowest BCUT2D eigenvalue weighted by Gasteiger charge is -2.39. The van der Waals surface area contributed by atoms with Crippen LogP contribution in [0.2, 0.25) is 51.4 Å². The van der Waals surface area contributed by atoms with Crippen molar-refractivity contribution in [3.05, 3.63) is 34.7 Å². The zero-order valence-electron chi connectivity index (χ0n) is 37.6. The quantitative estimate of drug-likeness (QED) is 0.0827. The van der Waals surface area contributed by atoms with Crippen LogP contribution in [0.5, 0.6) is 0 Å². The highest BCUT2D eigenvalue weighted by atomic mass is 79.9. The second-order valence-corrected chi connectivity index (χ2v) is 33.1. The largest absolute Gasteiger partial charge is 0.444 e. The Morgan fingerprint density at radius 1 is 0.831 bits per heavy atom. The number of fused-ring (bicyclic) bond motifs is 3. The summed E-state index contributed by atoms with van der Waals surface area (Å²) >= 11 is 4.08. The van der Waals surface area contributed by atoms with E-state index < -0.39 is 27.3 Å². The zero-order chi connectivity index (χ0) is 43.1. The van der Waals surface area contributed by atoms with Crippen LogP contribution < -0.4 is 9.80 Å². The topological polar surface area (TPSA) is 124 Å². The van der Waals surface area contributed by atoms with Gasteiger partial charge in [0.25, 0.3) is 0 Å². The molecule has 2 bridgehead atoms. The second-order valence-electron chi connectivity index (χ2n) is 21.1. The summed E-state index contributed by atoms with van der Waals surface area (Å²) in [7, 11) is -2.65. The van der Waals surface area contributed by atoms with Crippen LogP contribution in [-0.4, -0.2) is 109 Å². The maximum atomic E-state index is 13.5. The van der Waals surface area contributed by atoms with Gasteiger partial charge in [0, 0.05) is 70.7 Å². The average Bonchev–Trinajstić information content (AvgIpc) is 3.78. The van der Waals surface area contributed by atoms with E-state index in [1.54, 1.807) is 11.1 Å². The SMILES string of the molecule is CC(C)(C)OC(=O)N(c1ccc(-c2cnn3c(N(COCC[Si](C)(C)C)COCC[Si](C)(C)C)c(Br)c([C@@H]4C[C@H]5CC[C@@H](C4)N5C(=O)OC(C)(C)C)nc23)cn1)C1CC1. The lowest BCUT2D eigenvalue weighted by Crippen LogP contribution is -2.48. The molecule has 6 rings (SSSR count). The molecule has 3 atom stereocenters. The number of hydrogen-bond donors (Lipinski definition) is 0. The minimum absolute atomic E-state index is 0.0633. The number of amides is 2. The Hall–Kier alpha value is -3.06. The molecule has 326 valence electrons. The molecule has 0 N–H and O–H groups in total. The maximum Gasteiger partial charge on any atom is 0.416 e. The molecule has 0 aromatic carbocycles. The fraction of sp³-hybridized carbons (Fsp3) is 0.698. The van der Waals surface area contributed by atoms with E-state index in [9.17, 15) is 9.59 Å². The normalized spacial score (nSPS) is 19.9. The molecule has 2 saturated heterocycles. The molecule has 1 saturated carbocycles. The van der Waals surface area contributed by atoms with Gasteiger partial charge in [-0.2, -0.15) is 9.61 Å². The number of hydrogen-bond acceptors (Lipinski definition) is 10. The maximum absolute atomic E-state index is 13.5. The first-order valence-corrected chi connectivity index (χ1v) is 29.7. The highest BCUT2D eigenvalue weighted by Gasteiger charge is 2.46. The number of halogens is 1. The Labute approximate surface area is 362 Å². The van der Waals surface area contributed by atoms with Crippen molar-refractivity contribution in [3.8, 4) is 11.1 Å². The Morgan fingerprint density at radius 3 is 1.90 bits per heavy atom. The van der Waals surface area contributed by atoms with Crippen LogP contribution in [-0.2, 0) is 18.9 Å². The lowest BCUT2D eigenvalue weighted by molar-refractivity contribution is 0.00564. The molecule has 3 aliphatic rings. The molecule has 5 heterocycles. The molecule has 13 nitrogen and oxygen atoms in total. The number of nitrogens with zero attached hydrogens (tertiary/aromatic N) is 7. The van der Waals surface area contributed by atoms with Crippen LogP contribution in [0.1, 0.15) is 91.7 Å². The molecule has 3 fully saturated rings. The Kier molecular flexibility index (Phi) is 13.7. The van der Waals surface area contributed by atoms with Gasteiger partial charge in [-0.25, -0.2) is 19.6 Å². The first-order valence-electron chi connectivity index (χ1n) is 21.5. The van der Waals surface area contributed by atoms with Gasteiger partial charge in [0.15, 0.2) is 11.5 Å². The van der Waals surface area contributed by atoms with Gasteiger partial charge in [0.05, 0.1) is 16.4 Å². The first-order chi connectivity index (χ1) is 27.5. The molecule has 2 amide bonds. The summed E-state index contributed by atoms with van der Waals surface area (Å²) in [5, 5.41) is 4.98. The summed E-state index contributed by atoms with van der Waals surface area (Å²) in [6, 6.07) is 6.18. The predicted octanol–water partition coefficient (Wildman–Crippen LogP) is 10.5. The average molecular weight is 915 g/mol.